The molecule has 0 nitrogen and oxygen atoms in total. The summed E-state index contributed by atoms with van der Waals surface area (Å²) in [6, 6.07) is 19.7. The van der Waals surface area contributed by atoms with Crippen molar-refractivity contribution in [3.63, 3.8) is 0 Å². The van der Waals surface area contributed by atoms with E-state index in [2.05, 4.69) is 75.4 Å². The number of hydrogen-bond donors (Lipinski definition) is 0. The van der Waals surface area contributed by atoms with Crippen LogP contribution in [0.5, 0.6) is 0 Å². The van der Waals surface area contributed by atoms with E-state index in [4.69, 9.17) is 0 Å². The Labute approximate surface area is 124 Å². The van der Waals surface area contributed by atoms with Gasteiger partial charge in [-0.25, -0.2) is 0 Å². The van der Waals surface area contributed by atoms with Gasteiger partial charge in [0.25, 0.3) is 0 Å². The van der Waals surface area contributed by atoms with Gasteiger partial charge in [-0.3, -0.25) is 0 Å². The summed E-state index contributed by atoms with van der Waals surface area (Å²) >= 11 is 1.86. The van der Waals surface area contributed by atoms with Crippen LogP contribution in [0.4, 0.5) is 0 Å². The molecule has 0 amide bonds. The Kier molecular flexibility index (Phi) is 3.45. The molecule has 0 aliphatic heterocycles. The number of benzene rings is 2. The smallest absolute Gasteiger partial charge is 0.0351 e. The third-order valence-corrected chi connectivity index (χ3v) is 4.73. The summed E-state index contributed by atoms with van der Waals surface area (Å²) in [5.74, 6) is 0. The second-order valence-corrected chi connectivity index (χ2v) is 6.51. The first kappa shape index (κ1) is 13.1. The zero-order valence-corrected chi connectivity index (χ0v) is 12.9. The van der Waals surface area contributed by atoms with Crippen molar-refractivity contribution in [1.29, 1.82) is 0 Å². The van der Waals surface area contributed by atoms with Crippen molar-refractivity contribution in [3.05, 3.63) is 70.6 Å². The van der Waals surface area contributed by atoms with Gasteiger partial charge in [0.2, 0.25) is 0 Å². The molecule has 100 valence electrons. The minimum absolute atomic E-state index is 1.33. The van der Waals surface area contributed by atoms with Gasteiger partial charge in [0.05, 0.1) is 0 Å². The van der Waals surface area contributed by atoms with Crippen molar-refractivity contribution in [3.8, 4) is 21.6 Å². The van der Waals surface area contributed by atoms with Crippen molar-refractivity contribution in [2.45, 2.75) is 20.8 Å². The van der Waals surface area contributed by atoms with Crippen molar-refractivity contribution in [2.75, 3.05) is 0 Å². The van der Waals surface area contributed by atoms with E-state index in [1.54, 1.807) is 0 Å². The largest absolute Gasteiger partial charge is 0.141 e. The lowest BCUT2D eigenvalue weighted by Crippen LogP contribution is -1.90. The van der Waals surface area contributed by atoms with Gasteiger partial charge in [0.1, 0.15) is 0 Å². The molecule has 3 aromatic rings. The Morgan fingerprint density at radius 1 is 0.650 bits per heavy atom. The van der Waals surface area contributed by atoms with Gasteiger partial charge in [-0.05, 0) is 60.7 Å². The second kappa shape index (κ2) is 5.26. The average Bonchev–Trinajstić information content (AvgIpc) is 2.86. The highest BCUT2D eigenvalue weighted by atomic mass is 32.1. The van der Waals surface area contributed by atoms with E-state index in [0.29, 0.717) is 0 Å². The summed E-state index contributed by atoms with van der Waals surface area (Å²) < 4.78 is 0. The molecule has 0 spiro atoms. The first-order valence-electron chi connectivity index (χ1n) is 6.89. The summed E-state index contributed by atoms with van der Waals surface area (Å²) in [6.07, 6.45) is 0. The van der Waals surface area contributed by atoms with Crippen molar-refractivity contribution in [1.82, 2.24) is 0 Å². The lowest BCUT2D eigenvalue weighted by Gasteiger charge is -2.14. The molecule has 1 heterocycles. The van der Waals surface area contributed by atoms with Gasteiger partial charge < -0.3 is 0 Å². The van der Waals surface area contributed by atoms with Crippen LogP contribution in [0.1, 0.15) is 16.0 Å². The molecule has 2 aromatic carbocycles. The molecular formula is C19H18S. The topological polar surface area (TPSA) is 0 Å². The van der Waals surface area contributed by atoms with Crippen LogP contribution in [0, 0.1) is 20.8 Å². The molecule has 0 bridgehead atoms. The summed E-state index contributed by atoms with van der Waals surface area (Å²) in [5, 5.41) is 0. The fourth-order valence-electron chi connectivity index (χ4n) is 2.66. The molecule has 0 saturated heterocycles. The van der Waals surface area contributed by atoms with Gasteiger partial charge in [-0.1, -0.05) is 42.5 Å². The predicted octanol–water partition coefficient (Wildman–Crippen LogP) is 6.01. The highest BCUT2D eigenvalue weighted by Crippen LogP contribution is 2.38. The molecule has 0 atom stereocenters. The summed E-state index contributed by atoms with van der Waals surface area (Å²) in [5.41, 5.74) is 6.72. The highest BCUT2D eigenvalue weighted by molar-refractivity contribution is 7.15. The number of rotatable bonds is 2. The van der Waals surface area contributed by atoms with Crippen LogP contribution in [0.2, 0.25) is 0 Å². The van der Waals surface area contributed by atoms with Gasteiger partial charge >= 0.3 is 0 Å². The maximum absolute atomic E-state index is 2.24. The third kappa shape index (κ3) is 2.30. The molecule has 0 unspecified atom stereocenters. The van der Waals surface area contributed by atoms with Crippen LogP contribution in [0.25, 0.3) is 21.6 Å². The van der Waals surface area contributed by atoms with Crippen LogP contribution in [0.15, 0.2) is 54.6 Å². The molecule has 3 rings (SSSR count). The molecular weight excluding hydrogens is 260 g/mol. The first-order valence-corrected chi connectivity index (χ1v) is 7.71. The lowest BCUT2D eigenvalue weighted by atomic mass is 9.91. The maximum Gasteiger partial charge on any atom is 0.0351 e. The van der Waals surface area contributed by atoms with Crippen LogP contribution >= 0.6 is 11.3 Å². The maximum atomic E-state index is 2.24. The summed E-state index contributed by atoms with van der Waals surface area (Å²) in [7, 11) is 0. The van der Waals surface area contributed by atoms with E-state index in [-0.39, 0.29) is 0 Å². The van der Waals surface area contributed by atoms with Crippen LogP contribution in [-0.4, -0.2) is 0 Å². The monoisotopic (exact) mass is 278 g/mol. The SMILES string of the molecule is Cc1ccc(-c2cccc(C)c2-c2ccccc2C)s1. The lowest BCUT2D eigenvalue weighted by molar-refractivity contribution is 1.41. The first-order chi connectivity index (χ1) is 9.66. The van der Waals surface area contributed by atoms with E-state index >= 15 is 0 Å². The standard InChI is InChI=1S/C19H18S/c1-13-7-4-5-9-16(13)19-14(2)8-6-10-17(19)18-12-11-15(3)20-18/h4-12H,1-3H3. The van der Waals surface area contributed by atoms with Crippen LogP contribution in [-0.2, 0) is 0 Å². The minimum Gasteiger partial charge on any atom is -0.141 e. The molecule has 0 N–H and O–H groups in total. The molecule has 0 fully saturated rings. The Bertz CT molecular complexity index is 750. The fraction of sp³-hybridized carbons (Fsp3) is 0.158. The molecule has 0 saturated carbocycles. The summed E-state index contributed by atoms with van der Waals surface area (Å²) in [6.45, 7) is 6.55. The third-order valence-electron chi connectivity index (χ3n) is 3.69. The molecule has 0 aliphatic rings. The Balaban J connectivity index is 2.28. The van der Waals surface area contributed by atoms with E-state index in [0.717, 1.165) is 0 Å². The van der Waals surface area contributed by atoms with E-state index in [1.807, 2.05) is 11.3 Å². The second-order valence-electron chi connectivity index (χ2n) is 5.22. The minimum atomic E-state index is 1.33. The Morgan fingerprint density at radius 2 is 1.35 bits per heavy atom. The Morgan fingerprint density at radius 3 is 2.05 bits per heavy atom. The quantitative estimate of drug-likeness (QED) is 0.538. The van der Waals surface area contributed by atoms with Crippen molar-refractivity contribution < 1.29 is 0 Å². The fourth-order valence-corrected chi connectivity index (χ4v) is 3.56. The van der Waals surface area contributed by atoms with Gasteiger partial charge in [-0.15, -0.1) is 11.3 Å². The van der Waals surface area contributed by atoms with E-state index in [9.17, 15) is 0 Å². The van der Waals surface area contributed by atoms with Crippen LogP contribution in [0.3, 0.4) is 0 Å². The molecule has 0 radical (unpaired) electrons. The van der Waals surface area contributed by atoms with E-state index in [1.165, 1.54) is 37.6 Å². The molecule has 1 aromatic heterocycles. The number of thiophene rings is 1. The molecule has 0 aliphatic carbocycles. The molecule has 20 heavy (non-hydrogen) atoms. The van der Waals surface area contributed by atoms with E-state index < -0.39 is 0 Å². The van der Waals surface area contributed by atoms with Crippen molar-refractivity contribution in [2.24, 2.45) is 0 Å². The number of hydrogen-bond acceptors (Lipinski definition) is 1. The zero-order chi connectivity index (χ0) is 14.1. The van der Waals surface area contributed by atoms with Crippen molar-refractivity contribution >= 4 is 11.3 Å². The molecule has 1 heteroatoms. The average molecular weight is 278 g/mol. The van der Waals surface area contributed by atoms with Gasteiger partial charge in [0, 0.05) is 9.75 Å². The van der Waals surface area contributed by atoms with Gasteiger partial charge in [-0.2, -0.15) is 0 Å². The Hall–Kier alpha value is -1.86. The summed E-state index contributed by atoms with van der Waals surface area (Å²) in [4.78, 5) is 2.71. The zero-order valence-electron chi connectivity index (χ0n) is 12.1. The van der Waals surface area contributed by atoms with Gasteiger partial charge in [0.15, 0.2) is 0 Å². The normalized spacial score (nSPS) is 10.8. The number of aryl methyl sites for hydroxylation is 3. The predicted molar refractivity (Wildman–Crippen MR) is 89.4 cm³/mol. The van der Waals surface area contributed by atoms with Crippen LogP contribution < -0.4 is 0 Å². The highest BCUT2D eigenvalue weighted by Gasteiger charge is 2.12.